The van der Waals surface area contributed by atoms with Crippen molar-refractivity contribution < 1.29 is 9.84 Å². The second-order valence-corrected chi connectivity index (χ2v) is 3.47. The zero-order valence-corrected chi connectivity index (χ0v) is 9.97. The van der Waals surface area contributed by atoms with Crippen molar-refractivity contribution in [2.45, 2.75) is 6.42 Å². The summed E-state index contributed by atoms with van der Waals surface area (Å²) >= 11 is 0. The Labute approximate surface area is 106 Å². The van der Waals surface area contributed by atoms with Gasteiger partial charge in [0.05, 0.1) is 7.11 Å². The van der Waals surface area contributed by atoms with Gasteiger partial charge >= 0.3 is 0 Å². The van der Waals surface area contributed by atoms with Gasteiger partial charge in [0.25, 0.3) is 0 Å². The number of nitrogens with one attached hydrogen (secondary N) is 1. The molecule has 0 unspecified atom stereocenters. The maximum atomic E-state index is 8.91. The van der Waals surface area contributed by atoms with Gasteiger partial charge in [-0.2, -0.15) is 10.5 Å². The number of aliphatic hydroxyl groups excluding tert-OH is 1. The number of methoxy groups -OCH3 is 1. The Kier molecular flexibility index (Phi) is 5.24. The van der Waals surface area contributed by atoms with Crippen molar-refractivity contribution in [2.24, 2.45) is 0 Å². The summed E-state index contributed by atoms with van der Waals surface area (Å²) in [6, 6.07) is 8.89. The van der Waals surface area contributed by atoms with Gasteiger partial charge < -0.3 is 15.2 Å². The second kappa shape index (κ2) is 6.95. The minimum Gasteiger partial charge on any atom is -0.497 e. The molecule has 92 valence electrons. The average Bonchev–Trinajstić information content (AvgIpc) is 2.40. The third-order valence-corrected chi connectivity index (χ3v) is 2.23. The highest BCUT2D eigenvalue weighted by Gasteiger charge is 2.01. The molecule has 0 bridgehead atoms. The summed E-state index contributed by atoms with van der Waals surface area (Å²) in [6.07, 6.45) is 1.84. The van der Waals surface area contributed by atoms with Crippen LogP contribution in [0.1, 0.15) is 5.56 Å². The summed E-state index contributed by atoms with van der Waals surface area (Å²) in [5, 5.41) is 29.0. The third-order valence-electron chi connectivity index (χ3n) is 2.23. The minimum absolute atomic E-state index is 0.0125. The molecule has 0 saturated carbocycles. The van der Waals surface area contributed by atoms with Crippen LogP contribution in [0.25, 0.3) is 0 Å². The van der Waals surface area contributed by atoms with Crippen molar-refractivity contribution in [3.8, 4) is 17.9 Å². The standard InChI is InChI=1S/C13H13N3O2/c1-18-13-5-10(2-3-17)4-12(6-13)16-9-11(7-14)8-15/h4-6,9,16-17H,2-3H2,1H3. The minimum atomic E-state index is -0.0125. The fourth-order valence-corrected chi connectivity index (χ4v) is 1.38. The van der Waals surface area contributed by atoms with Crippen molar-refractivity contribution >= 4 is 5.69 Å². The maximum Gasteiger partial charge on any atom is 0.145 e. The van der Waals surface area contributed by atoms with Gasteiger partial charge in [0.15, 0.2) is 0 Å². The number of hydrogen-bond acceptors (Lipinski definition) is 5. The van der Waals surface area contributed by atoms with Crippen LogP contribution in [0.3, 0.4) is 0 Å². The predicted molar refractivity (Wildman–Crippen MR) is 66.7 cm³/mol. The number of benzene rings is 1. The van der Waals surface area contributed by atoms with Crippen LogP contribution >= 0.6 is 0 Å². The Hall–Kier alpha value is -2.50. The Morgan fingerprint density at radius 3 is 2.67 bits per heavy atom. The molecule has 0 amide bonds. The number of hydrogen-bond donors (Lipinski definition) is 2. The van der Waals surface area contributed by atoms with E-state index in [9.17, 15) is 0 Å². The summed E-state index contributed by atoms with van der Waals surface area (Å²) in [6.45, 7) is 0.0457. The van der Waals surface area contributed by atoms with Gasteiger partial charge in [-0.1, -0.05) is 0 Å². The Morgan fingerprint density at radius 1 is 1.39 bits per heavy atom. The molecule has 0 atom stereocenters. The first-order valence-corrected chi connectivity index (χ1v) is 5.29. The van der Waals surface area contributed by atoms with Crippen molar-refractivity contribution in [1.29, 1.82) is 10.5 Å². The molecule has 0 radical (unpaired) electrons. The highest BCUT2D eigenvalue weighted by Crippen LogP contribution is 2.21. The Morgan fingerprint density at radius 2 is 2.11 bits per heavy atom. The van der Waals surface area contributed by atoms with Crippen molar-refractivity contribution in [1.82, 2.24) is 0 Å². The van der Waals surface area contributed by atoms with E-state index in [4.69, 9.17) is 20.4 Å². The van der Waals surface area contributed by atoms with Crippen LogP contribution in [-0.4, -0.2) is 18.8 Å². The number of ether oxygens (including phenoxy) is 1. The quantitative estimate of drug-likeness (QED) is 0.766. The Balaban J connectivity index is 2.95. The number of allylic oxidation sites excluding steroid dienone is 1. The van der Waals surface area contributed by atoms with Crippen LogP contribution in [0.4, 0.5) is 5.69 Å². The smallest absolute Gasteiger partial charge is 0.145 e. The lowest BCUT2D eigenvalue weighted by atomic mass is 10.1. The molecule has 18 heavy (non-hydrogen) atoms. The van der Waals surface area contributed by atoms with Gasteiger partial charge in [-0.3, -0.25) is 0 Å². The summed E-state index contributed by atoms with van der Waals surface area (Å²) in [4.78, 5) is 0. The van der Waals surface area contributed by atoms with E-state index in [1.807, 2.05) is 12.1 Å². The van der Waals surface area contributed by atoms with Gasteiger partial charge in [0.2, 0.25) is 0 Å². The van der Waals surface area contributed by atoms with Crippen LogP contribution in [0.5, 0.6) is 5.75 Å². The number of rotatable bonds is 5. The van der Waals surface area contributed by atoms with Gasteiger partial charge in [-0.25, -0.2) is 0 Å². The van der Waals surface area contributed by atoms with Gasteiger partial charge in [0, 0.05) is 24.6 Å². The molecule has 0 spiro atoms. The van der Waals surface area contributed by atoms with Gasteiger partial charge in [0.1, 0.15) is 23.5 Å². The van der Waals surface area contributed by atoms with Crippen LogP contribution in [0, 0.1) is 22.7 Å². The molecule has 0 heterocycles. The van der Waals surface area contributed by atoms with E-state index in [0.29, 0.717) is 17.9 Å². The molecule has 2 N–H and O–H groups in total. The maximum absolute atomic E-state index is 8.91. The van der Waals surface area contributed by atoms with E-state index in [1.54, 1.807) is 25.3 Å². The molecular weight excluding hydrogens is 230 g/mol. The van der Waals surface area contributed by atoms with Gasteiger partial charge in [-0.05, 0) is 24.1 Å². The molecule has 0 aliphatic carbocycles. The molecule has 0 fully saturated rings. The van der Waals surface area contributed by atoms with Crippen LogP contribution < -0.4 is 10.1 Å². The molecule has 0 aromatic heterocycles. The summed E-state index contributed by atoms with van der Waals surface area (Å²) in [7, 11) is 1.55. The van der Waals surface area contributed by atoms with Crippen molar-refractivity contribution in [3.63, 3.8) is 0 Å². The first-order valence-electron chi connectivity index (χ1n) is 5.29. The molecule has 5 heteroatoms. The number of aliphatic hydroxyl groups is 1. The summed E-state index contributed by atoms with van der Waals surface area (Å²) in [5.41, 5.74) is 1.59. The van der Waals surface area contributed by atoms with E-state index >= 15 is 0 Å². The first-order chi connectivity index (χ1) is 8.73. The fraction of sp³-hybridized carbons (Fsp3) is 0.231. The number of nitriles is 2. The lowest BCUT2D eigenvalue weighted by molar-refractivity contribution is 0.299. The van der Waals surface area contributed by atoms with Crippen LogP contribution in [-0.2, 0) is 6.42 Å². The molecule has 1 aromatic rings. The number of anilines is 1. The SMILES string of the molecule is COc1cc(CCO)cc(NC=C(C#N)C#N)c1. The van der Waals surface area contributed by atoms with Gasteiger partial charge in [-0.15, -0.1) is 0 Å². The third kappa shape index (κ3) is 3.82. The lowest BCUT2D eigenvalue weighted by Gasteiger charge is -2.08. The van der Waals surface area contributed by atoms with E-state index in [2.05, 4.69) is 5.32 Å². The normalized spacial score (nSPS) is 8.89. The molecule has 5 nitrogen and oxygen atoms in total. The van der Waals surface area contributed by atoms with Crippen LogP contribution in [0.2, 0.25) is 0 Å². The van der Waals surface area contributed by atoms with Crippen molar-refractivity contribution in [3.05, 3.63) is 35.5 Å². The largest absolute Gasteiger partial charge is 0.497 e. The van der Waals surface area contributed by atoms with Crippen molar-refractivity contribution in [2.75, 3.05) is 19.0 Å². The van der Waals surface area contributed by atoms with E-state index in [1.165, 1.54) is 6.20 Å². The fourth-order valence-electron chi connectivity index (χ4n) is 1.38. The molecule has 0 aliphatic rings. The van der Waals surface area contributed by atoms with E-state index in [0.717, 1.165) is 5.56 Å². The molecule has 0 saturated heterocycles. The predicted octanol–water partition coefficient (Wildman–Crippen LogP) is 1.57. The number of nitrogens with zero attached hydrogens (tertiary/aromatic N) is 2. The molecule has 1 rings (SSSR count). The summed E-state index contributed by atoms with van der Waals surface area (Å²) < 4.78 is 5.13. The second-order valence-electron chi connectivity index (χ2n) is 3.47. The average molecular weight is 243 g/mol. The first kappa shape index (κ1) is 13.6. The monoisotopic (exact) mass is 243 g/mol. The van der Waals surface area contributed by atoms with Crippen LogP contribution in [0.15, 0.2) is 30.0 Å². The van der Waals surface area contributed by atoms with E-state index in [-0.39, 0.29) is 12.2 Å². The lowest BCUT2D eigenvalue weighted by Crippen LogP contribution is -1.96. The highest BCUT2D eigenvalue weighted by atomic mass is 16.5. The summed E-state index contributed by atoms with van der Waals surface area (Å²) in [5.74, 6) is 0.646. The van der Waals surface area contributed by atoms with E-state index < -0.39 is 0 Å². The molecular formula is C13H13N3O2. The molecule has 0 aliphatic heterocycles. The molecule has 1 aromatic carbocycles. The Bertz CT molecular complexity index is 508. The zero-order chi connectivity index (χ0) is 13.4. The topological polar surface area (TPSA) is 89.1 Å². The highest BCUT2D eigenvalue weighted by molar-refractivity contribution is 5.54. The zero-order valence-electron chi connectivity index (χ0n) is 9.97.